The van der Waals surface area contributed by atoms with E-state index >= 15 is 0 Å². The normalized spacial score (nSPS) is 17.6. The topological polar surface area (TPSA) is 0 Å². The zero-order valence-electron chi connectivity index (χ0n) is 6.24. The molecule has 0 fully saturated rings. The Labute approximate surface area is 66.1 Å². The van der Waals surface area contributed by atoms with Crippen LogP contribution in [0.25, 0.3) is 0 Å². The predicted molar refractivity (Wildman–Crippen MR) is 63.1 cm³/mol. The Morgan fingerprint density at radius 2 is 2.00 bits per heavy atom. The molecule has 0 atom stereocenters. The Kier molecular flexibility index (Phi) is 9.65. The Balaban J connectivity index is 2.53. The van der Waals surface area contributed by atoms with Gasteiger partial charge in [0.2, 0.25) is 0 Å². The number of rotatable bonds is 5. The largest absolute Gasteiger partial charge is 0.0685 e. The molecule has 0 saturated heterocycles. The lowest BCUT2D eigenvalue weighted by molar-refractivity contribution is 1.47. The fourth-order valence-corrected chi connectivity index (χ4v) is 125. The van der Waals surface area contributed by atoms with Gasteiger partial charge in [-0.2, -0.15) is 0 Å². The van der Waals surface area contributed by atoms with E-state index in [-0.39, 0.29) is 0 Å². The summed E-state index contributed by atoms with van der Waals surface area (Å²) in [6.07, 6.45) is 0. The molecule has 0 unspecified atom stereocenters. The molecule has 0 aromatic heterocycles. The highest BCUT2D eigenvalue weighted by atomic mass is 29.9. The lowest BCUT2D eigenvalue weighted by atomic mass is 11.0. The van der Waals surface area contributed by atoms with Crippen LogP contribution < -0.4 is 0 Å². The van der Waals surface area contributed by atoms with Crippen LogP contribution in [0.1, 0.15) is 6.92 Å². The van der Waals surface area contributed by atoms with Crippen LogP contribution in [-0.2, 0) is 0 Å². The first-order valence-corrected chi connectivity index (χ1v) is 26.6. The highest BCUT2D eigenvalue weighted by molar-refractivity contribution is 7.57. The van der Waals surface area contributed by atoms with E-state index in [9.17, 15) is 0 Å². The molecule has 8 heavy (non-hydrogen) atoms. The van der Waals surface area contributed by atoms with E-state index in [1.54, 1.807) is 15.8 Å². The van der Waals surface area contributed by atoms with E-state index in [0.717, 1.165) is 34.2 Å². The van der Waals surface area contributed by atoms with Gasteiger partial charge < -0.3 is 0 Å². The first kappa shape index (κ1) is 9.30. The van der Waals surface area contributed by atoms with Crippen molar-refractivity contribution in [1.82, 2.24) is 0 Å². The van der Waals surface area contributed by atoms with Crippen molar-refractivity contribution in [3.8, 4) is 0 Å². The molecule has 0 nitrogen and oxygen atoms in total. The summed E-state index contributed by atoms with van der Waals surface area (Å²) in [6, 6.07) is 1.65. The molecule has 0 aromatic rings. The molecule has 0 aliphatic carbocycles. The van der Waals surface area contributed by atoms with Gasteiger partial charge in [-0.25, -0.2) is 0 Å². The molecule has 0 saturated carbocycles. The molecule has 0 heterocycles. The molecule has 0 radical (unpaired) electrons. The van der Waals surface area contributed by atoms with E-state index in [0.29, 0.717) is 9.04 Å². The fraction of sp³-hybridized carbons (Fsp3) is 1.00. The van der Waals surface area contributed by atoms with E-state index in [4.69, 9.17) is 0 Å². The van der Waals surface area contributed by atoms with Gasteiger partial charge in [-0.15, -0.1) is 0 Å². The Bertz CT molecular complexity index is 31.5. The van der Waals surface area contributed by atoms with Gasteiger partial charge >= 0.3 is 0 Å². The van der Waals surface area contributed by atoms with Gasteiger partial charge in [0.25, 0.3) is 0 Å². The summed E-state index contributed by atoms with van der Waals surface area (Å²) in [5.74, 6) is 0. The lowest BCUT2D eigenvalue weighted by Crippen LogP contribution is -2.22. The van der Waals surface area contributed by atoms with Gasteiger partial charge in [-0.3, -0.25) is 0 Å². The third-order valence-corrected chi connectivity index (χ3v) is 79.1. The molecule has 0 aliphatic rings. The maximum Gasteiger partial charge on any atom is 0.00430 e. The summed E-state index contributed by atoms with van der Waals surface area (Å²) in [4.78, 5) is 0. The van der Waals surface area contributed by atoms with Crippen molar-refractivity contribution in [2.45, 2.75) is 13.0 Å². The fourth-order valence-electron chi connectivity index (χ4n) is 0.854. The molecule has 0 spiro atoms. The second-order valence-electron chi connectivity index (χ2n) is 2.41. The van der Waals surface area contributed by atoms with Crippen LogP contribution in [0.4, 0.5) is 0 Å². The van der Waals surface area contributed by atoms with Crippen LogP contribution in [0.5, 0.6) is 0 Å². The number of hydrogen-bond acceptors (Lipinski definition) is 0. The molecular weight excluding hydrogens is 193 g/mol. The zero-order valence-corrected chi connectivity index (χ0v) is 15.3. The quantitative estimate of drug-likeness (QED) is 0.316. The summed E-state index contributed by atoms with van der Waals surface area (Å²) >= 11 is 0. The molecule has 0 rings (SSSR count). The smallest absolute Gasteiger partial charge is 0.00430 e. The van der Waals surface area contributed by atoms with Gasteiger partial charge in [0.05, 0.1) is 0 Å². The highest BCUT2D eigenvalue weighted by Gasteiger charge is 1.87. The first-order valence-electron chi connectivity index (χ1n) is 3.91. The lowest BCUT2D eigenvalue weighted by Gasteiger charge is -1.89. The van der Waals surface area contributed by atoms with Crippen molar-refractivity contribution in [2.75, 3.05) is 0 Å². The Morgan fingerprint density at radius 3 is 2.50 bits per heavy atom. The minimum atomic E-state index is 0.674. The van der Waals surface area contributed by atoms with Crippen molar-refractivity contribution in [2.24, 2.45) is 0 Å². The molecule has 50 valence electrons. The zero-order chi connectivity index (χ0) is 6.24. The maximum absolute atomic E-state index is 2.41. The second-order valence-corrected chi connectivity index (χ2v) is 46.8. The maximum atomic E-state index is 2.41. The van der Waals surface area contributed by atoms with Crippen molar-refractivity contribution in [3.05, 3.63) is 0 Å². The summed E-state index contributed by atoms with van der Waals surface area (Å²) in [5, 5.41) is 0. The number of hydrogen-bond donors (Lipinski definition) is 0. The minimum Gasteiger partial charge on any atom is -0.0685 e. The third kappa shape index (κ3) is 7.30. The highest BCUT2D eigenvalue weighted by Crippen LogP contribution is 1.67. The van der Waals surface area contributed by atoms with Crippen LogP contribution >= 0.6 is 0 Å². The second kappa shape index (κ2) is 8.30. The molecule has 6 heteroatoms. The Morgan fingerprint density at radius 1 is 1.25 bits per heavy atom. The monoisotopic (exact) mass is 210 g/mol. The van der Waals surface area contributed by atoms with Gasteiger partial charge in [0, 0.05) is 9.04 Å². The molecule has 0 N–H and O–H groups in total. The van der Waals surface area contributed by atoms with Crippen molar-refractivity contribution < 1.29 is 0 Å². The average molecular weight is 211 g/mol. The first-order chi connectivity index (χ1) is 3.91. The SMILES string of the molecule is CC[SiH2][SiH2][SiH2][SiH2][SiH2][SiH3]. The molecule has 0 aliphatic heterocycles. The third-order valence-electron chi connectivity index (χ3n) is 1.46. The van der Waals surface area contributed by atoms with Crippen molar-refractivity contribution in [3.63, 3.8) is 0 Å². The van der Waals surface area contributed by atoms with Crippen LogP contribution in [0.15, 0.2) is 0 Å². The standard InChI is InChI=1S/C2H18Si6/c1-2-4-6-8-7-5-3/h2,4-8H2,1,3H3. The summed E-state index contributed by atoms with van der Waals surface area (Å²) in [7, 11) is 5.61. The summed E-state index contributed by atoms with van der Waals surface area (Å²) in [6.45, 7) is 2.41. The van der Waals surface area contributed by atoms with E-state index < -0.39 is 0 Å². The van der Waals surface area contributed by atoms with Crippen molar-refractivity contribution >= 4 is 53.0 Å². The molecule has 0 amide bonds. The van der Waals surface area contributed by atoms with Crippen LogP contribution in [0, 0.1) is 0 Å². The van der Waals surface area contributed by atoms with Gasteiger partial charge in [0.15, 0.2) is 0 Å². The average Bonchev–Trinajstić information content (AvgIpc) is 1.81. The summed E-state index contributed by atoms with van der Waals surface area (Å²) in [5.41, 5.74) is 0. The van der Waals surface area contributed by atoms with Gasteiger partial charge in [0.1, 0.15) is 0 Å². The van der Waals surface area contributed by atoms with Crippen LogP contribution in [0.2, 0.25) is 6.04 Å². The summed E-state index contributed by atoms with van der Waals surface area (Å²) < 4.78 is 0. The predicted octanol–water partition coefficient (Wildman–Crippen LogP) is -4.79. The van der Waals surface area contributed by atoms with Crippen molar-refractivity contribution in [1.29, 1.82) is 0 Å². The van der Waals surface area contributed by atoms with E-state index in [1.165, 1.54) is 0 Å². The minimum absolute atomic E-state index is 0.674. The van der Waals surface area contributed by atoms with E-state index in [1.807, 2.05) is 0 Å². The van der Waals surface area contributed by atoms with Crippen LogP contribution in [-0.4, -0.2) is 53.0 Å². The molecular formula is C2H18Si6. The molecule has 0 bridgehead atoms. The van der Waals surface area contributed by atoms with Gasteiger partial charge in [-0.05, 0) is 44.0 Å². The molecule has 0 aromatic carbocycles. The van der Waals surface area contributed by atoms with Gasteiger partial charge in [-0.1, -0.05) is 13.0 Å². The van der Waals surface area contributed by atoms with E-state index in [2.05, 4.69) is 6.92 Å². The van der Waals surface area contributed by atoms with Crippen LogP contribution in [0.3, 0.4) is 0 Å². The Hall–Kier alpha value is 1.30.